The van der Waals surface area contributed by atoms with Gasteiger partial charge in [0.15, 0.2) is 0 Å². The van der Waals surface area contributed by atoms with Crippen molar-refractivity contribution in [1.82, 2.24) is 15.1 Å². The average molecular weight is 446 g/mol. The summed E-state index contributed by atoms with van der Waals surface area (Å²) in [4.78, 5) is 30.4. The van der Waals surface area contributed by atoms with Crippen molar-refractivity contribution in [2.75, 3.05) is 39.8 Å². The first-order chi connectivity index (χ1) is 15.3. The molecule has 0 aliphatic carbocycles. The van der Waals surface area contributed by atoms with Crippen LogP contribution in [0.5, 0.6) is 5.75 Å². The molecule has 0 saturated carbocycles. The number of rotatable bonds is 7. The van der Waals surface area contributed by atoms with Gasteiger partial charge in [0.2, 0.25) is 5.91 Å². The third-order valence-electron chi connectivity index (χ3n) is 6.51. The molecule has 1 aromatic carbocycles. The Morgan fingerprint density at radius 1 is 1.09 bits per heavy atom. The number of nitrogens with one attached hydrogen (secondary N) is 1. The lowest BCUT2D eigenvalue weighted by atomic mass is 9.94. The number of ether oxygens (including phenoxy) is 2. The third kappa shape index (κ3) is 6.45. The molecule has 7 heteroatoms. The number of piperidine rings is 1. The highest BCUT2D eigenvalue weighted by Crippen LogP contribution is 2.22. The maximum atomic E-state index is 13.3. The molecule has 2 aliphatic rings. The van der Waals surface area contributed by atoms with E-state index in [1.165, 1.54) is 0 Å². The van der Waals surface area contributed by atoms with Crippen LogP contribution < -0.4 is 10.1 Å². The SMILES string of the molecule is COc1ccc(C(=O)NC(C(=O)N2CCC(CN3CC(C)OC(C)C3)CC2)C(C)C)cc1. The molecule has 3 atom stereocenters. The van der Waals surface area contributed by atoms with Gasteiger partial charge in [-0.25, -0.2) is 0 Å². The normalized spacial score (nSPS) is 23.8. The van der Waals surface area contributed by atoms with Crippen LogP contribution in [0.4, 0.5) is 0 Å². The first-order valence-electron chi connectivity index (χ1n) is 11.9. The lowest BCUT2D eigenvalue weighted by molar-refractivity contribution is -0.136. The number of amides is 2. The van der Waals surface area contributed by atoms with Crippen LogP contribution in [0, 0.1) is 11.8 Å². The van der Waals surface area contributed by atoms with Crippen LogP contribution in [0.3, 0.4) is 0 Å². The Balaban J connectivity index is 1.52. The molecule has 0 spiro atoms. The van der Waals surface area contributed by atoms with E-state index < -0.39 is 6.04 Å². The highest BCUT2D eigenvalue weighted by molar-refractivity contribution is 5.97. The minimum Gasteiger partial charge on any atom is -0.497 e. The van der Waals surface area contributed by atoms with Crippen LogP contribution in [0.1, 0.15) is 50.9 Å². The number of hydrogen-bond donors (Lipinski definition) is 1. The van der Waals surface area contributed by atoms with Crippen LogP contribution in [0.25, 0.3) is 0 Å². The second-order valence-electron chi connectivity index (χ2n) is 9.67. The summed E-state index contributed by atoms with van der Waals surface area (Å²) in [7, 11) is 1.59. The average Bonchev–Trinajstić information content (AvgIpc) is 2.76. The minimum absolute atomic E-state index is 0.0127. The van der Waals surface area contributed by atoms with E-state index in [1.54, 1.807) is 31.4 Å². The molecule has 0 aromatic heterocycles. The van der Waals surface area contributed by atoms with E-state index in [0.29, 0.717) is 17.2 Å². The summed E-state index contributed by atoms with van der Waals surface area (Å²) in [5.74, 6) is 1.10. The van der Waals surface area contributed by atoms with Gasteiger partial charge in [0, 0.05) is 38.3 Å². The molecule has 2 aliphatic heterocycles. The number of methoxy groups -OCH3 is 1. The fourth-order valence-electron chi connectivity index (χ4n) is 4.81. The highest BCUT2D eigenvalue weighted by Gasteiger charge is 2.32. The molecule has 2 heterocycles. The van der Waals surface area contributed by atoms with Gasteiger partial charge in [0.1, 0.15) is 11.8 Å². The van der Waals surface area contributed by atoms with Gasteiger partial charge in [0.05, 0.1) is 19.3 Å². The predicted molar refractivity (Wildman–Crippen MR) is 125 cm³/mol. The summed E-state index contributed by atoms with van der Waals surface area (Å²) in [5.41, 5.74) is 0.525. The van der Waals surface area contributed by atoms with E-state index in [2.05, 4.69) is 24.1 Å². The van der Waals surface area contributed by atoms with Gasteiger partial charge in [-0.15, -0.1) is 0 Å². The van der Waals surface area contributed by atoms with Crippen molar-refractivity contribution in [1.29, 1.82) is 0 Å². The molecule has 2 fully saturated rings. The minimum atomic E-state index is -0.526. The number of morpholine rings is 1. The van der Waals surface area contributed by atoms with E-state index in [-0.39, 0.29) is 29.9 Å². The maximum absolute atomic E-state index is 13.3. The van der Waals surface area contributed by atoms with Gasteiger partial charge in [-0.2, -0.15) is 0 Å². The molecule has 3 rings (SSSR count). The largest absolute Gasteiger partial charge is 0.497 e. The smallest absolute Gasteiger partial charge is 0.251 e. The van der Waals surface area contributed by atoms with Gasteiger partial charge >= 0.3 is 0 Å². The van der Waals surface area contributed by atoms with Gasteiger partial charge in [-0.05, 0) is 62.8 Å². The van der Waals surface area contributed by atoms with Crippen LogP contribution in [-0.4, -0.2) is 79.7 Å². The molecule has 7 nitrogen and oxygen atoms in total. The second-order valence-corrected chi connectivity index (χ2v) is 9.67. The highest BCUT2D eigenvalue weighted by atomic mass is 16.5. The summed E-state index contributed by atoms with van der Waals surface area (Å²) >= 11 is 0. The van der Waals surface area contributed by atoms with Crippen molar-refractivity contribution >= 4 is 11.8 Å². The Morgan fingerprint density at radius 2 is 1.69 bits per heavy atom. The monoisotopic (exact) mass is 445 g/mol. The van der Waals surface area contributed by atoms with Crippen LogP contribution in [0.15, 0.2) is 24.3 Å². The predicted octanol–water partition coefficient (Wildman–Crippen LogP) is 2.80. The number of nitrogens with zero attached hydrogens (tertiary/aromatic N) is 2. The number of hydrogen-bond acceptors (Lipinski definition) is 5. The summed E-state index contributed by atoms with van der Waals surface area (Å²) in [5, 5.41) is 2.96. The number of likely N-dealkylation sites (tertiary alicyclic amines) is 1. The Morgan fingerprint density at radius 3 is 2.22 bits per heavy atom. The standard InChI is InChI=1S/C25H39N3O4/c1-17(2)23(26-24(29)21-6-8-22(31-5)9-7-21)25(30)28-12-10-20(11-13-28)16-27-14-18(3)32-19(4)15-27/h6-9,17-20,23H,10-16H2,1-5H3,(H,26,29). The first-order valence-corrected chi connectivity index (χ1v) is 11.9. The van der Waals surface area contributed by atoms with E-state index in [1.807, 2.05) is 18.7 Å². The van der Waals surface area contributed by atoms with Gasteiger partial charge in [-0.3, -0.25) is 14.5 Å². The lowest BCUT2D eigenvalue weighted by Crippen LogP contribution is -2.54. The Kier molecular flexibility index (Phi) is 8.54. The molecule has 2 saturated heterocycles. The molecule has 3 unspecified atom stereocenters. The second kappa shape index (κ2) is 11.1. The van der Waals surface area contributed by atoms with E-state index >= 15 is 0 Å². The van der Waals surface area contributed by atoms with Gasteiger partial charge in [0.25, 0.3) is 5.91 Å². The van der Waals surface area contributed by atoms with Crippen LogP contribution in [0.2, 0.25) is 0 Å². The summed E-state index contributed by atoms with van der Waals surface area (Å²) in [6.45, 7) is 12.8. The van der Waals surface area contributed by atoms with E-state index in [9.17, 15) is 9.59 Å². The summed E-state index contributed by atoms with van der Waals surface area (Å²) in [6, 6.07) is 6.41. The van der Waals surface area contributed by atoms with Crippen molar-refractivity contribution < 1.29 is 19.1 Å². The molecular weight excluding hydrogens is 406 g/mol. The van der Waals surface area contributed by atoms with Gasteiger partial charge < -0.3 is 19.7 Å². The molecule has 0 radical (unpaired) electrons. The summed E-state index contributed by atoms with van der Waals surface area (Å²) in [6.07, 6.45) is 2.56. The molecular formula is C25H39N3O4. The zero-order valence-electron chi connectivity index (χ0n) is 20.2. The molecule has 2 amide bonds. The maximum Gasteiger partial charge on any atom is 0.251 e. The zero-order chi connectivity index (χ0) is 23.3. The van der Waals surface area contributed by atoms with E-state index in [0.717, 1.165) is 45.6 Å². The Bertz CT molecular complexity index is 749. The van der Waals surface area contributed by atoms with Crippen molar-refractivity contribution in [2.45, 2.75) is 58.8 Å². The van der Waals surface area contributed by atoms with Crippen molar-refractivity contribution in [3.05, 3.63) is 29.8 Å². The number of carbonyl (C=O) groups is 2. The first kappa shape index (κ1) is 24.5. The van der Waals surface area contributed by atoms with Crippen LogP contribution >= 0.6 is 0 Å². The van der Waals surface area contributed by atoms with Crippen molar-refractivity contribution in [3.63, 3.8) is 0 Å². The lowest BCUT2D eigenvalue weighted by Gasteiger charge is -2.40. The third-order valence-corrected chi connectivity index (χ3v) is 6.51. The van der Waals surface area contributed by atoms with Crippen molar-refractivity contribution in [3.8, 4) is 5.75 Å². The topological polar surface area (TPSA) is 71.1 Å². The zero-order valence-corrected chi connectivity index (χ0v) is 20.2. The summed E-state index contributed by atoms with van der Waals surface area (Å²) < 4.78 is 11.0. The van der Waals surface area contributed by atoms with Crippen molar-refractivity contribution in [2.24, 2.45) is 11.8 Å². The Labute approximate surface area is 192 Å². The molecule has 178 valence electrons. The van der Waals surface area contributed by atoms with Crippen LogP contribution in [-0.2, 0) is 9.53 Å². The molecule has 0 bridgehead atoms. The van der Waals surface area contributed by atoms with E-state index in [4.69, 9.17) is 9.47 Å². The molecule has 32 heavy (non-hydrogen) atoms. The van der Waals surface area contributed by atoms with Gasteiger partial charge in [-0.1, -0.05) is 13.8 Å². The fraction of sp³-hybridized carbons (Fsp3) is 0.680. The fourth-order valence-corrected chi connectivity index (χ4v) is 4.81. The Hall–Kier alpha value is -2.12. The quantitative estimate of drug-likeness (QED) is 0.699. The number of benzene rings is 1. The molecule has 1 N–H and O–H groups in total. The number of carbonyl (C=O) groups excluding carboxylic acids is 2. The molecule has 1 aromatic rings.